The first-order valence-corrected chi connectivity index (χ1v) is 7.06. The van der Waals surface area contributed by atoms with Gasteiger partial charge >= 0.3 is 0 Å². The van der Waals surface area contributed by atoms with Crippen molar-refractivity contribution in [1.82, 2.24) is 9.78 Å². The Morgan fingerprint density at radius 2 is 1.94 bits per heavy atom. The molecule has 0 aliphatic heterocycles. The first-order chi connectivity index (χ1) is 8.67. The van der Waals surface area contributed by atoms with Crippen molar-refractivity contribution in [2.24, 2.45) is 0 Å². The van der Waals surface area contributed by atoms with Crippen molar-refractivity contribution in [3.05, 3.63) is 41.7 Å². The summed E-state index contributed by atoms with van der Waals surface area (Å²) in [6, 6.07) is 7.95. The number of nitrogens with zero attached hydrogens (tertiary/aromatic N) is 2. The fraction of sp³-hybridized carbons (Fsp3) is 0.357. The molecule has 4 heteroatoms. The fourth-order valence-electron chi connectivity index (χ4n) is 2.04. The summed E-state index contributed by atoms with van der Waals surface area (Å²) >= 11 is 3.51. The van der Waals surface area contributed by atoms with Crippen LogP contribution in [0.3, 0.4) is 0 Å². The Balaban J connectivity index is 2.46. The first-order valence-electron chi connectivity index (χ1n) is 5.94. The van der Waals surface area contributed by atoms with E-state index in [-0.39, 0.29) is 0 Å². The van der Waals surface area contributed by atoms with Gasteiger partial charge < -0.3 is 4.74 Å². The minimum Gasteiger partial charge on any atom is -0.497 e. The standard InChI is InChI=1S/C14H17BrN2O/c1-10(2)14-11(8-15)9-16-17(14)12-4-6-13(18-3)7-5-12/h4-7,9-10H,8H2,1-3H3. The third-order valence-corrected chi connectivity index (χ3v) is 3.50. The van der Waals surface area contributed by atoms with Gasteiger partial charge in [0, 0.05) is 10.9 Å². The molecule has 0 aliphatic rings. The quantitative estimate of drug-likeness (QED) is 0.801. The highest BCUT2D eigenvalue weighted by atomic mass is 79.9. The van der Waals surface area contributed by atoms with Gasteiger partial charge in [-0.1, -0.05) is 29.8 Å². The Hall–Kier alpha value is -1.29. The fourth-order valence-corrected chi connectivity index (χ4v) is 2.47. The lowest BCUT2D eigenvalue weighted by molar-refractivity contribution is 0.414. The predicted molar refractivity (Wildman–Crippen MR) is 76.8 cm³/mol. The molecule has 2 aromatic rings. The summed E-state index contributed by atoms with van der Waals surface area (Å²) in [5.74, 6) is 1.29. The molecule has 96 valence electrons. The molecule has 0 aliphatic carbocycles. The Kier molecular flexibility index (Phi) is 4.07. The normalized spacial score (nSPS) is 10.9. The summed E-state index contributed by atoms with van der Waals surface area (Å²) in [5.41, 5.74) is 3.55. The molecule has 0 spiro atoms. The van der Waals surface area contributed by atoms with Crippen molar-refractivity contribution in [2.45, 2.75) is 25.1 Å². The maximum Gasteiger partial charge on any atom is 0.119 e. The van der Waals surface area contributed by atoms with E-state index < -0.39 is 0 Å². The van der Waals surface area contributed by atoms with E-state index >= 15 is 0 Å². The lowest BCUT2D eigenvalue weighted by Crippen LogP contribution is -2.05. The van der Waals surface area contributed by atoms with Crippen molar-refractivity contribution in [3.8, 4) is 11.4 Å². The number of benzene rings is 1. The number of alkyl halides is 1. The van der Waals surface area contributed by atoms with E-state index in [2.05, 4.69) is 34.9 Å². The van der Waals surface area contributed by atoms with Gasteiger partial charge in [-0.05, 0) is 30.2 Å². The van der Waals surface area contributed by atoms with Crippen LogP contribution in [0.15, 0.2) is 30.5 Å². The average Bonchev–Trinajstić information content (AvgIpc) is 2.82. The molecule has 1 heterocycles. The monoisotopic (exact) mass is 308 g/mol. The number of aromatic nitrogens is 2. The highest BCUT2D eigenvalue weighted by Crippen LogP contribution is 2.25. The van der Waals surface area contributed by atoms with Gasteiger partial charge in [0.1, 0.15) is 5.75 Å². The smallest absolute Gasteiger partial charge is 0.119 e. The second-order valence-corrected chi connectivity index (χ2v) is 5.01. The minimum absolute atomic E-state index is 0.433. The van der Waals surface area contributed by atoms with Crippen LogP contribution >= 0.6 is 15.9 Å². The van der Waals surface area contributed by atoms with Crippen LogP contribution in [0.5, 0.6) is 5.75 Å². The zero-order chi connectivity index (χ0) is 13.1. The van der Waals surface area contributed by atoms with Gasteiger partial charge in [-0.3, -0.25) is 0 Å². The maximum absolute atomic E-state index is 5.17. The van der Waals surface area contributed by atoms with Crippen LogP contribution in [0.1, 0.15) is 31.0 Å². The summed E-state index contributed by atoms with van der Waals surface area (Å²) in [7, 11) is 1.67. The molecule has 0 amide bonds. The molecule has 0 unspecified atom stereocenters. The van der Waals surface area contributed by atoms with E-state index in [4.69, 9.17) is 4.74 Å². The molecular formula is C14H17BrN2O. The van der Waals surface area contributed by atoms with Gasteiger partial charge in [-0.2, -0.15) is 5.10 Å². The van der Waals surface area contributed by atoms with Crippen molar-refractivity contribution < 1.29 is 4.74 Å². The van der Waals surface area contributed by atoms with E-state index in [0.29, 0.717) is 5.92 Å². The van der Waals surface area contributed by atoms with Crippen LogP contribution in [0.4, 0.5) is 0 Å². The van der Waals surface area contributed by atoms with Crippen LogP contribution < -0.4 is 4.74 Å². The maximum atomic E-state index is 5.17. The number of hydrogen-bond donors (Lipinski definition) is 0. The molecule has 0 saturated heterocycles. The van der Waals surface area contributed by atoms with E-state index in [1.54, 1.807) is 7.11 Å². The van der Waals surface area contributed by atoms with Crippen LogP contribution in [0.25, 0.3) is 5.69 Å². The van der Waals surface area contributed by atoms with Crippen molar-refractivity contribution in [2.75, 3.05) is 7.11 Å². The van der Waals surface area contributed by atoms with Crippen molar-refractivity contribution in [1.29, 1.82) is 0 Å². The number of halogens is 1. The minimum atomic E-state index is 0.433. The highest BCUT2D eigenvalue weighted by molar-refractivity contribution is 9.08. The van der Waals surface area contributed by atoms with Crippen LogP contribution in [0.2, 0.25) is 0 Å². The van der Waals surface area contributed by atoms with Gasteiger partial charge in [-0.15, -0.1) is 0 Å². The number of hydrogen-bond acceptors (Lipinski definition) is 2. The van der Waals surface area contributed by atoms with E-state index in [1.807, 2.05) is 35.1 Å². The van der Waals surface area contributed by atoms with Gasteiger partial charge in [-0.25, -0.2) is 4.68 Å². The van der Waals surface area contributed by atoms with Crippen molar-refractivity contribution >= 4 is 15.9 Å². The van der Waals surface area contributed by atoms with Gasteiger partial charge in [0.25, 0.3) is 0 Å². The molecule has 3 nitrogen and oxygen atoms in total. The average molecular weight is 309 g/mol. The molecule has 2 rings (SSSR count). The Morgan fingerprint density at radius 3 is 2.44 bits per heavy atom. The zero-order valence-electron chi connectivity index (χ0n) is 10.9. The van der Waals surface area contributed by atoms with Crippen LogP contribution in [-0.4, -0.2) is 16.9 Å². The summed E-state index contributed by atoms with van der Waals surface area (Å²) in [6.07, 6.45) is 1.92. The van der Waals surface area contributed by atoms with Gasteiger partial charge in [0.2, 0.25) is 0 Å². The Morgan fingerprint density at radius 1 is 1.28 bits per heavy atom. The molecule has 18 heavy (non-hydrogen) atoms. The third-order valence-electron chi connectivity index (χ3n) is 2.89. The molecule has 0 bridgehead atoms. The molecule has 0 atom stereocenters. The SMILES string of the molecule is COc1ccc(-n2ncc(CBr)c2C(C)C)cc1. The molecule has 0 saturated carbocycles. The predicted octanol–water partition coefficient (Wildman–Crippen LogP) is 3.90. The molecular weight excluding hydrogens is 292 g/mol. The largest absolute Gasteiger partial charge is 0.497 e. The second-order valence-electron chi connectivity index (χ2n) is 4.45. The van der Waals surface area contributed by atoms with Gasteiger partial charge in [0.15, 0.2) is 0 Å². The molecule has 0 N–H and O–H groups in total. The van der Waals surface area contributed by atoms with E-state index in [1.165, 1.54) is 11.3 Å². The lowest BCUT2D eigenvalue weighted by Gasteiger charge is -2.12. The summed E-state index contributed by atoms with van der Waals surface area (Å²) in [4.78, 5) is 0. The summed E-state index contributed by atoms with van der Waals surface area (Å²) < 4.78 is 7.17. The van der Waals surface area contributed by atoms with Crippen LogP contribution in [0, 0.1) is 0 Å². The number of methoxy groups -OCH3 is 1. The number of ether oxygens (including phenoxy) is 1. The zero-order valence-corrected chi connectivity index (χ0v) is 12.4. The molecule has 1 aromatic heterocycles. The van der Waals surface area contributed by atoms with E-state index in [0.717, 1.165) is 16.8 Å². The summed E-state index contributed by atoms with van der Waals surface area (Å²) in [6.45, 7) is 4.37. The first kappa shape index (κ1) is 13.1. The summed E-state index contributed by atoms with van der Waals surface area (Å²) in [5, 5.41) is 5.31. The highest BCUT2D eigenvalue weighted by Gasteiger charge is 2.14. The van der Waals surface area contributed by atoms with Gasteiger partial charge in [0.05, 0.1) is 24.7 Å². The number of rotatable bonds is 4. The Labute approximate surface area is 116 Å². The molecule has 0 fully saturated rings. The topological polar surface area (TPSA) is 27.1 Å². The Bertz CT molecular complexity index is 517. The third kappa shape index (κ3) is 2.43. The van der Waals surface area contributed by atoms with Crippen LogP contribution in [-0.2, 0) is 5.33 Å². The van der Waals surface area contributed by atoms with Crippen molar-refractivity contribution in [3.63, 3.8) is 0 Å². The molecule has 1 aromatic carbocycles. The van der Waals surface area contributed by atoms with E-state index in [9.17, 15) is 0 Å². The lowest BCUT2D eigenvalue weighted by atomic mass is 10.1. The molecule has 0 radical (unpaired) electrons. The second kappa shape index (κ2) is 5.57.